The van der Waals surface area contributed by atoms with Crippen LogP contribution >= 0.6 is 12.2 Å². The molecule has 0 saturated carbocycles. The van der Waals surface area contributed by atoms with Crippen LogP contribution in [0.3, 0.4) is 0 Å². The van der Waals surface area contributed by atoms with Gasteiger partial charge in [0.15, 0.2) is 5.91 Å². The Hall–Kier alpha value is -0.516. The number of rotatable bonds is 3. The first-order chi connectivity index (χ1) is 8.08. The van der Waals surface area contributed by atoms with Gasteiger partial charge in [-0.2, -0.15) is 0 Å². The molecule has 0 unspecified atom stereocenters. The van der Waals surface area contributed by atoms with Crippen LogP contribution in [-0.4, -0.2) is 22.0 Å². The van der Waals surface area contributed by atoms with Gasteiger partial charge in [-0.1, -0.05) is 17.9 Å². The molecule has 0 fully saturated rings. The molecule has 0 atom stereocenters. The summed E-state index contributed by atoms with van der Waals surface area (Å²) < 4.78 is 1.82. The van der Waals surface area contributed by atoms with Crippen LogP contribution in [0, 0.1) is 13.0 Å². The van der Waals surface area contributed by atoms with Crippen LogP contribution in [-0.2, 0) is 39.8 Å². The molecule has 0 spiro atoms. The van der Waals surface area contributed by atoms with Crippen LogP contribution in [0.1, 0.15) is 22.6 Å². The van der Waals surface area contributed by atoms with Crippen LogP contribution < -0.4 is 10.6 Å². The standard InChI is InChI=1S/C12H14N3OS.Y/c1-8-3-4-10(15(8)2)12(16)14-7-9-5-11(17)13-6-9;/h4,6H,5,7H2,1-2H3,(H,13,17)(H,14,16);/q-1;. The smallest absolute Gasteiger partial charge is 0.185 e. The Kier molecular flexibility index (Phi) is 5.69. The molecule has 2 rings (SSSR count). The fourth-order valence-electron chi connectivity index (χ4n) is 1.65. The maximum absolute atomic E-state index is 11.9. The molecule has 1 aromatic heterocycles. The Balaban J connectivity index is 0.00000162. The Morgan fingerprint density at radius 2 is 2.39 bits per heavy atom. The molecule has 0 bridgehead atoms. The molecule has 0 saturated heterocycles. The zero-order chi connectivity index (χ0) is 12.4. The number of carbonyl (C=O) groups excluding carboxylic acids is 1. The molecule has 6 heteroatoms. The number of hydrogen-bond donors (Lipinski definition) is 2. The van der Waals surface area contributed by atoms with Gasteiger partial charge in [0.1, 0.15) is 0 Å². The monoisotopic (exact) mass is 337 g/mol. The third-order valence-electron chi connectivity index (χ3n) is 2.82. The molecular weight excluding hydrogens is 323 g/mol. The minimum absolute atomic E-state index is 0. The van der Waals surface area contributed by atoms with Gasteiger partial charge in [0, 0.05) is 51.9 Å². The van der Waals surface area contributed by atoms with Gasteiger partial charge in [-0.05, 0) is 25.2 Å². The quantitative estimate of drug-likeness (QED) is 0.641. The van der Waals surface area contributed by atoms with Gasteiger partial charge in [0.2, 0.25) is 0 Å². The summed E-state index contributed by atoms with van der Waals surface area (Å²) in [6.45, 7) is 2.44. The second-order valence-corrected chi connectivity index (χ2v) is 4.54. The number of hydrogen-bond acceptors (Lipinski definition) is 2. The summed E-state index contributed by atoms with van der Waals surface area (Å²) in [5.41, 5.74) is 2.66. The number of aryl methyl sites for hydroxylation is 1. The fourth-order valence-corrected chi connectivity index (χ4v) is 1.90. The van der Waals surface area contributed by atoms with Crippen molar-refractivity contribution in [2.45, 2.75) is 13.3 Å². The molecule has 1 amide bonds. The predicted molar refractivity (Wildman–Crippen MR) is 69.8 cm³/mol. The van der Waals surface area contributed by atoms with E-state index in [0.717, 1.165) is 22.7 Å². The molecule has 1 aliphatic rings. The number of thiocarbonyl (C=S) groups is 1. The van der Waals surface area contributed by atoms with Crippen molar-refractivity contribution in [2.75, 3.05) is 6.54 Å². The summed E-state index contributed by atoms with van der Waals surface area (Å²) in [6.07, 6.45) is 2.58. The van der Waals surface area contributed by atoms with Gasteiger partial charge < -0.3 is 15.2 Å². The van der Waals surface area contributed by atoms with Gasteiger partial charge in [0.25, 0.3) is 0 Å². The van der Waals surface area contributed by atoms with E-state index in [1.165, 1.54) is 0 Å². The minimum atomic E-state index is -0.0874. The molecule has 0 aliphatic carbocycles. The zero-order valence-electron chi connectivity index (χ0n) is 10.4. The Labute approximate surface area is 137 Å². The van der Waals surface area contributed by atoms with E-state index < -0.39 is 0 Å². The van der Waals surface area contributed by atoms with Crippen molar-refractivity contribution in [2.24, 2.45) is 7.05 Å². The summed E-state index contributed by atoms with van der Waals surface area (Å²) in [5, 5.41) is 5.82. The van der Waals surface area contributed by atoms with Gasteiger partial charge in [-0.25, -0.2) is 12.1 Å². The van der Waals surface area contributed by atoms with E-state index in [1.807, 2.05) is 24.7 Å². The molecule has 1 aromatic rings. The minimum Gasteiger partial charge on any atom is -0.437 e. The van der Waals surface area contributed by atoms with E-state index in [2.05, 4.69) is 16.7 Å². The van der Waals surface area contributed by atoms with Crippen LogP contribution in [0.15, 0.2) is 17.8 Å². The topological polar surface area (TPSA) is 46.1 Å². The van der Waals surface area contributed by atoms with Crippen molar-refractivity contribution in [1.29, 1.82) is 0 Å². The molecule has 4 nitrogen and oxygen atoms in total. The first kappa shape index (κ1) is 15.5. The first-order valence-electron chi connectivity index (χ1n) is 5.37. The SMILES string of the molecule is Cc1[c-]cc(C(=O)NCC2=CNC(=S)C2)n1C.[Y]. The van der Waals surface area contributed by atoms with Gasteiger partial charge >= 0.3 is 0 Å². The van der Waals surface area contributed by atoms with Gasteiger partial charge in [0.05, 0.1) is 4.99 Å². The van der Waals surface area contributed by atoms with E-state index in [1.54, 1.807) is 6.07 Å². The van der Waals surface area contributed by atoms with E-state index in [-0.39, 0.29) is 38.6 Å². The summed E-state index contributed by atoms with van der Waals surface area (Å²) in [5.74, 6) is -0.0874. The Bertz CT molecular complexity index is 507. The molecule has 1 radical (unpaired) electrons. The van der Waals surface area contributed by atoms with E-state index >= 15 is 0 Å². The number of nitrogens with zero attached hydrogens (tertiary/aromatic N) is 1. The van der Waals surface area contributed by atoms with Crippen LogP contribution in [0.4, 0.5) is 0 Å². The number of nitrogens with one attached hydrogen (secondary N) is 2. The van der Waals surface area contributed by atoms with Crippen molar-refractivity contribution in [3.63, 3.8) is 0 Å². The van der Waals surface area contributed by atoms with Crippen molar-refractivity contribution < 1.29 is 37.5 Å². The van der Waals surface area contributed by atoms with Crippen molar-refractivity contribution in [3.8, 4) is 0 Å². The third kappa shape index (κ3) is 3.50. The maximum Gasteiger partial charge on any atom is 0.185 e. The average Bonchev–Trinajstić information content (AvgIpc) is 2.84. The number of carbonyl (C=O) groups is 1. The summed E-state index contributed by atoms with van der Waals surface area (Å²) >= 11 is 5.01. The van der Waals surface area contributed by atoms with Gasteiger partial charge in [-0.15, -0.1) is 0 Å². The summed E-state index contributed by atoms with van der Waals surface area (Å²) in [7, 11) is 1.85. The molecule has 0 aromatic carbocycles. The number of aromatic nitrogens is 1. The largest absolute Gasteiger partial charge is 0.437 e. The van der Waals surface area contributed by atoms with E-state index in [0.29, 0.717) is 12.2 Å². The van der Waals surface area contributed by atoms with Crippen LogP contribution in [0.2, 0.25) is 0 Å². The average molecular weight is 337 g/mol. The second kappa shape index (κ2) is 6.59. The van der Waals surface area contributed by atoms with Crippen molar-refractivity contribution in [1.82, 2.24) is 15.2 Å². The zero-order valence-corrected chi connectivity index (χ0v) is 14.1. The fraction of sp³-hybridized carbons (Fsp3) is 0.333. The molecule has 18 heavy (non-hydrogen) atoms. The summed E-state index contributed by atoms with van der Waals surface area (Å²) in [4.78, 5) is 12.7. The Morgan fingerprint density at radius 1 is 1.67 bits per heavy atom. The summed E-state index contributed by atoms with van der Waals surface area (Å²) in [6, 6.07) is 4.71. The third-order valence-corrected chi connectivity index (χ3v) is 3.08. The normalized spacial score (nSPS) is 13.7. The molecule has 2 heterocycles. The second-order valence-electron chi connectivity index (χ2n) is 4.05. The van der Waals surface area contributed by atoms with Gasteiger partial charge in [-0.3, -0.25) is 4.79 Å². The van der Waals surface area contributed by atoms with Crippen LogP contribution in [0.25, 0.3) is 0 Å². The molecule has 93 valence electrons. The molecular formula is C12H14N3OSY-. The van der Waals surface area contributed by atoms with E-state index in [4.69, 9.17) is 12.2 Å². The Morgan fingerprint density at radius 3 is 2.89 bits per heavy atom. The van der Waals surface area contributed by atoms with Crippen LogP contribution in [0.5, 0.6) is 0 Å². The molecule has 1 aliphatic heterocycles. The molecule has 2 N–H and O–H groups in total. The van der Waals surface area contributed by atoms with E-state index in [9.17, 15) is 4.79 Å². The number of amides is 1. The maximum atomic E-state index is 11.9. The van der Waals surface area contributed by atoms with Crippen molar-refractivity contribution in [3.05, 3.63) is 35.3 Å². The van der Waals surface area contributed by atoms with Crippen molar-refractivity contribution >= 4 is 23.1 Å². The first-order valence-corrected chi connectivity index (χ1v) is 5.78. The predicted octanol–water partition coefficient (Wildman–Crippen LogP) is 1.07.